The van der Waals surface area contributed by atoms with Crippen LogP contribution < -0.4 is 0 Å². The SMILES string of the molecule is [B]C(C)CF. The Bertz CT molecular complexity index is 20.9. The lowest BCUT2D eigenvalue weighted by Crippen LogP contribution is -1.83. The molecule has 1 unspecified atom stereocenters. The van der Waals surface area contributed by atoms with Crippen molar-refractivity contribution >= 4 is 7.85 Å². The van der Waals surface area contributed by atoms with Gasteiger partial charge in [0, 0.05) is 0 Å². The van der Waals surface area contributed by atoms with E-state index in [9.17, 15) is 4.39 Å². The largest absolute Gasteiger partial charge is 0.252 e. The smallest absolute Gasteiger partial charge is 0.0842 e. The van der Waals surface area contributed by atoms with Gasteiger partial charge in [0.2, 0.25) is 0 Å². The Balaban J connectivity index is 2.54. The molecule has 5 heavy (non-hydrogen) atoms. The highest BCUT2D eigenvalue weighted by atomic mass is 19.1. The molecule has 28 valence electrons. The molecule has 0 rings (SSSR count). The summed E-state index contributed by atoms with van der Waals surface area (Å²) in [6.07, 6.45) is 0. The van der Waals surface area contributed by atoms with Gasteiger partial charge in [-0.2, -0.15) is 0 Å². The van der Waals surface area contributed by atoms with Gasteiger partial charge in [-0.1, -0.05) is 12.7 Å². The van der Waals surface area contributed by atoms with Crippen LogP contribution in [0.5, 0.6) is 0 Å². The molecule has 0 spiro atoms. The number of rotatable bonds is 1. The minimum absolute atomic E-state index is 0.282. The summed E-state index contributed by atoms with van der Waals surface area (Å²) in [4.78, 5) is 0. The van der Waals surface area contributed by atoms with Gasteiger partial charge in [-0.3, -0.25) is 4.39 Å². The second-order valence-electron chi connectivity index (χ2n) is 1.13. The Kier molecular flexibility index (Phi) is 2.24. The van der Waals surface area contributed by atoms with Crippen molar-refractivity contribution in [1.82, 2.24) is 0 Å². The number of hydrogen-bond acceptors (Lipinski definition) is 0. The quantitative estimate of drug-likeness (QED) is 0.404. The molecule has 0 N–H and O–H groups in total. The molecule has 0 aliphatic carbocycles. The van der Waals surface area contributed by atoms with Crippen molar-refractivity contribution < 1.29 is 4.39 Å². The van der Waals surface area contributed by atoms with E-state index in [-0.39, 0.29) is 5.82 Å². The zero-order valence-corrected chi connectivity index (χ0v) is 3.24. The third kappa shape index (κ3) is 3.99. The van der Waals surface area contributed by atoms with E-state index in [1.165, 1.54) is 0 Å². The fraction of sp³-hybridized carbons (Fsp3) is 1.00. The third-order valence-corrected chi connectivity index (χ3v) is 0.243. The molecule has 1 atom stereocenters. The molecular formula is C3H6BF. The molecule has 0 bridgehead atoms. The molecule has 0 nitrogen and oxygen atoms in total. The molecule has 0 heterocycles. The first-order chi connectivity index (χ1) is 2.27. The van der Waals surface area contributed by atoms with Gasteiger partial charge >= 0.3 is 0 Å². The van der Waals surface area contributed by atoms with E-state index in [1.807, 2.05) is 0 Å². The van der Waals surface area contributed by atoms with Crippen LogP contribution in [0.2, 0.25) is 5.82 Å². The Hall–Kier alpha value is -0.00506. The maximum Gasteiger partial charge on any atom is 0.0842 e. The minimum Gasteiger partial charge on any atom is -0.252 e. The monoisotopic (exact) mass is 72.1 g/mol. The van der Waals surface area contributed by atoms with Crippen molar-refractivity contribution in [2.45, 2.75) is 12.7 Å². The lowest BCUT2D eigenvalue weighted by atomic mass is 9.92. The lowest BCUT2D eigenvalue weighted by Gasteiger charge is -1.87. The Morgan fingerprint density at radius 1 is 2.00 bits per heavy atom. The van der Waals surface area contributed by atoms with E-state index in [0.717, 1.165) is 0 Å². The molecule has 0 aromatic carbocycles. The van der Waals surface area contributed by atoms with E-state index in [4.69, 9.17) is 7.85 Å². The van der Waals surface area contributed by atoms with Crippen molar-refractivity contribution in [3.05, 3.63) is 0 Å². The van der Waals surface area contributed by atoms with E-state index in [2.05, 4.69) is 0 Å². The van der Waals surface area contributed by atoms with Crippen LogP contribution in [0, 0.1) is 0 Å². The first kappa shape index (κ1) is 4.99. The number of halogens is 1. The first-order valence-electron chi connectivity index (χ1n) is 1.59. The first-order valence-corrected chi connectivity index (χ1v) is 1.59. The molecule has 0 fully saturated rings. The molecule has 0 aliphatic rings. The summed E-state index contributed by atoms with van der Waals surface area (Å²) in [5.74, 6) is -0.282. The molecule has 0 amide bonds. The summed E-state index contributed by atoms with van der Waals surface area (Å²) in [5.41, 5.74) is 0. The summed E-state index contributed by atoms with van der Waals surface area (Å²) in [6.45, 7) is 1.21. The zero-order valence-electron chi connectivity index (χ0n) is 3.24. The van der Waals surface area contributed by atoms with Gasteiger partial charge < -0.3 is 0 Å². The maximum absolute atomic E-state index is 11.0. The van der Waals surface area contributed by atoms with Crippen molar-refractivity contribution in [2.75, 3.05) is 6.67 Å². The summed E-state index contributed by atoms with van der Waals surface area (Å²) in [7, 11) is 4.92. The minimum atomic E-state index is -0.417. The highest BCUT2D eigenvalue weighted by Crippen LogP contribution is 1.91. The molecule has 2 radical (unpaired) electrons. The topological polar surface area (TPSA) is 0 Å². The lowest BCUT2D eigenvalue weighted by molar-refractivity contribution is 0.487. The van der Waals surface area contributed by atoms with Gasteiger partial charge in [0.25, 0.3) is 0 Å². The second kappa shape index (κ2) is 2.25. The van der Waals surface area contributed by atoms with Crippen LogP contribution in [0.3, 0.4) is 0 Å². The van der Waals surface area contributed by atoms with Gasteiger partial charge in [-0.25, -0.2) is 0 Å². The fourth-order valence-electron chi connectivity index (χ4n) is 0. The van der Waals surface area contributed by atoms with E-state index >= 15 is 0 Å². The highest BCUT2D eigenvalue weighted by molar-refractivity contribution is 6.11. The average Bonchev–Trinajstić information content (AvgIpc) is 1.38. The van der Waals surface area contributed by atoms with Gasteiger partial charge in [0.1, 0.15) is 0 Å². The van der Waals surface area contributed by atoms with Crippen LogP contribution in [-0.2, 0) is 0 Å². The number of alkyl halides is 1. The number of hydrogen-bond donors (Lipinski definition) is 0. The van der Waals surface area contributed by atoms with Gasteiger partial charge in [-0.15, -0.1) is 0 Å². The highest BCUT2D eigenvalue weighted by Gasteiger charge is 1.83. The summed E-state index contributed by atoms with van der Waals surface area (Å²) in [6, 6.07) is 0. The van der Waals surface area contributed by atoms with Crippen LogP contribution in [0.25, 0.3) is 0 Å². The molecular weight excluding hydrogens is 65.8 g/mol. The van der Waals surface area contributed by atoms with Crippen molar-refractivity contribution in [1.29, 1.82) is 0 Å². The van der Waals surface area contributed by atoms with Gasteiger partial charge in [0.05, 0.1) is 14.5 Å². The van der Waals surface area contributed by atoms with Gasteiger partial charge in [0.15, 0.2) is 0 Å². The van der Waals surface area contributed by atoms with Crippen LogP contribution in [0.4, 0.5) is 4.39 Å². The standard InChI is InChI=1S/C3H6BF/c1-3(4)2-5/h3H,2H2,1H3. The summed E-state index contributed by atoms with van der Waals surface area (Å²) in [5, 5.41) is 0. The molecule has 0 saturated heterocycles. The van der Waals surface area contributed by atoms with Crippen LogP contribution in [-0.4, -0.2) is 14.5 Å². The fourth-order valence-corrected chi connectivity index (χ4v) is 0. The molecule has 0 aromatic heterocycles. The molecule has 0 aliphatic heterocycles. The maximum atomic E-state index is 11.0. The van der Waals surface area contributed by atoms with Crippen molar-refractivity contribution in [3.63, 3.8) is 0 Å². The Morgan fingerprint density at radius 2 is 2.20 bits per heavy atom. The zero-order chi connectivity index (χ0) is 4.28. The third-order valence-electron chi connectivity index (χ3n) is 0.243. The normalized spacial score (nSPS) is 14.8. The molecule has 2 heteroatoms. The van der Waals surface area contributed by atoms with Crippen LogP contribution in [0.15, 0.2) is 0 Å². The molecule has 0 aromatic rings. The average molecular weight is 71.9 g/mol. The van der Waals surface area contributed by atoms with E-state index < -0.39 is 6.67 Å². The molecule has 0 saturated carbocycles. The van der Waals surface area contributed by atoms with E-state index in [1.54, 1.807) is 6.92 Å². The Labute approximate surface area is 32.8 Å². The summed E-state index contributed by atoms with van der Waals surface area (Å²) >= 11 is 0. The second-order valence-corrected chi connectivity index (χ2v) is 1.13. The van der Waals surface area contributed by atoms with Crippen LogP contribution >= 0.6 is 0 Å². The van der Waals surface area contributed by atoms with E-state index in [0.29, 0.717) is 0 Å². The van der Waals surface area contributed by atoms with Gasteiger partial charge in [-0.05, 0) is 0 Å². The van der Waals surface area contributed by atoms with Crippen LogP contribution in [0.1, 0.15) is 6.92 Å². The van der Waals surface area contributed by atoms with Crippen molar-refractivity contribution in [3.8, 4) is 0 Å². The predicted octanol–water partition coefficient (Wildman–Crippen LogP) is 0.933. The predicted molar refractivity (Wildman–Crippen MR) is 21.2 cm³/mol. The Morgan fingerprint density at radius 3 is 2.20 bits per heavy atom. The van der Waals surface area contributed by atoms with Crippen molar-refractivity contribution in [2.24, 2.45) is 0 Å². The summed E-state index contributed by atoms with van der Waals surface area (Å²) < 4.78 is 11.0.